The number of hydrogen-bond acceptors (Lipinski definition) is 2. The van der Waals surface area contributed by atoms with Crippen LogP contribution < -0.4 is 5.32 Å². The van der Waals surface area contributed by atoms with Crippen LogP contribution >= 0.6 is 0 Å². The van der Waals surface area contributed by atoms with Crippen LogP contribution in [0.15, 0.2) is 0 Å². The predicted octanol–water partition coefficient (Wildman–Crippen LogP) is 2.47. The number of rotatable bonds is 2. The van der Waals surface area contributed by atoms with Crippen LogP contribution in [0.4, 0.5) is 0 Å². The van der Waals surface area contributed by atoms with E-state index in [0.29, 0.717) is 5.92 Å². The highest BCUT2D eigenvalue weighted by Gasteiger charge is 2.56. The molecule has 1 aliphatic heterocycles. The minimum absolute atomic E-state index is 0.0962. The van der Waals surface area contributed by atoms with E-state index in [9.17, 15) is 9.59 Å². The summed E-state index contributed by atoms with van der Waals surface area (Å²) in [7, 11) is 0. The molecule has 1 atom stereocenters. The van der Waals surface area contributed by atoms with Crippen LogP contribution in [0.2, 0.25) is 0 Å². The van der Waals surface area contributed by atoms with E-state index in [-0.39, 0.29) is 23.3 Å². The Balaban J connectivity index is 1.90. The standard InChI is InChI=1S/C17H28N2O2/c1-16(2,3)13-14(20)19(11-12-7-6-8-12)17(15(21)18-13)9-4-5-10-17/h12-13H,4-11H2,1-3H3,(H,18,21). The third-order valence-corrected chi connectivity index (χ3v) is 5.69. The van der Waals surface area contributed by atoms with E-state index >= 15 is 0 Å². The predicted molar refractivity (Wildman–Crippen MR) is 81.6 cm³/mol. The molecule has 0 aromatic heterocycles. The summed E-state index contributed by atoms with van der Waals surface area (Å²) in [5.74, 6) is 0.854. The van der Waals surface area contributed by atoms with Gasteiger partial charge in [0, 0.05) is 6.54 Å². The molecule has 3 aliphatic rings. The van der Waals surface area contributed by atoms with Crippen molar-refractivity contribution in [2.75, 3.05) is 6.54 Å². The Morgan fingerprint density at radius 2 is 1.76 bits per heavy atom. The lowest BCUT2D eigenvalue weighted by atomic mass is 9.78. The van der Waals surface area contributed by atoms with Crippen LogP contribution in [0.5, 0.6) is 0 Å². The number of piperazine rings is 1. The third kappa shape index (κ3) is 2.36. The van der Waals surface area contributed by atoms with Gasteiger partial charge in [0.2, 0.25) is 11.8 Å². The summed E-state index contributed by atoms with van der Waals surface area (Å²) >= 11 is 0. The number of hydrogen-bond donors (Lipinski definition) is 1. The molecule has 1 saturated heterocycles. The molecular formula is C17H28N2O2. The van der Waals surface area contributed by atoms with E-state index in [1.807, 2.05) is 25.7 Å². The van der Waals surface area contributed by atoms with Crippen molar-refractivity contribution in [3.05, 3.63) is 0 Å². The van der Waals surface area contributed by atoms with Crippen molar-refractivity contribution in [1.29, 1.82) is 0 Å². The molecule has 2 amide bonds. The van der Waals surface area contributed by atoms with E-state index in [0.717, 1.165) is 32.2 Å². The molecule has 3 fully saturated rings. The zero-order valence-corrected chi connectivity index (χ0v) is 13.6. The molecule has 1 heterocycles. The average molecular weight is 292 g/mol. The van der Waals surface area contributed by atoms with Gasteiger partial charge < -0.3 is 10.2 Å². The summed E-state index contributed by atoms with van der Waals surface area (Å²) in [5.41, 5.74) is -0.765. The second-order valence-electron chi connectivity index (χ2n) is 8.26. The van der Waals surface area contributed by atoms with Gasteiger partial charge in [-0.2, -0.15) is 0 Å². The van der Waals surface area contributed by atoms with Crippen LogP contribution in [-0.4, -0.2) is 34.8 Å². The summed E-state index contributed by atoms with van der Waals surface area (Å²) in [5, 5.41) is 3.05. The van der Waals surface area contributed by atoms with Crippen LogP contribution in [0.1, 0.15) is 65.7 Å². The first kappa shape index (κ1) is 14.9. The van der Waals surface area contributed by atoms with Crippen LogP contribution in [0.3, 0.4) is 0 Å². The molecule has 0 aromatic carbocycles. The van der Waals surface area contributed by atoms with Gasteiger partial charge in [-0.25, -0.2) is 0 Å². The van der Waals surface area contributed by atoms with E-state index in [1.54, 1.807) is 0 Å². The Bertz CT molecular complexity index is 442. The summed E-state index contributed by atoms with van der Waals surface area (Å²) in [4.78, 5) is 27.9. The fourth-order valence-corrected chi connectivity index (χ4v) is 4.06. The second-order valence-corrected chi connectivity index (χ2v) is 8.26. The molecule has 2 aliphatic carbocycles. The normalized spacial score (nSPS) is 29.7. The van der Waals surface area contributed by atoms with Gasteiger partial charge in [0.05, 0.1) is 0 Å². The van der Waals surface area contributed by atoms with Crippen LogP contribution in [0, 0.1) is 11.3 Å². The quantitative estimate of drug-likeness (QED) is 0.850. The maximum absolute atomic E-state index is 13.1. The SMILES string of the molecule is CC(C)(C)C1NC(=O)C2(CCCC2)N(CC2CCC2)C1=O. The molecule has 1 spiro atoms. The summed E-state index contributed by atoms with van der Waals surface area (Å²) in [6.07, 6.45) is 7.49. The van der Waals surface area contributed by atoms with Gasteiger partial charge in [0.25, 0.3) is 0 Å². The minimum Gasteiger partial charge on any atom is -0.342 e. The molecule has 0 bridgehead atoms. The lowest BCUT2D eigenvalue weighted by Crippen LogP contribution is -2.72. The molecule has 118 valence electrons. The topological polar surface area (TPSA) is 49.4 Å². The molecule has 21 heavy (non-hydrogen) atoms. The molecule has 4 nitrogen and oxygen atoms in total. The number of carbonyl (C=O) groups is 2. The zero-order valence-electron chi connectivity index (χ0n) is 13.6. The summed E-state index contributed by atoms with van der Waals surface area (Å²) in [6.45, 7) is 6.89. The summed E-state index contributed by atoms with van der Waals surface area (Å²) < 4.78 is 0. The molecule has 1 unspecified atom stereocenters. The Morgan fingerprint density at radius 1 is 1.14 bits per heavy atom. The largest absolute Gasteiger partial charge is 0.342 e. The van der Waals surface area contributed by atoms with Crippen molar-refractivity contribution < 1.29 is 9.59 Å². The molecule has 0 aromatic rings. The van der Waals surface area contributed by atoms with Gasteiger partial charge in [-0.3, -0.25) is 9.59 Å². The molecular weight excluding hydrogens is 264 g/mol. The Kier molecular flexibility index (Phi) is 3.53. The van der Waals surface area contributed by atoms with Crippen molar-refractivity contribution in [2.24, 2.45) is 11.3 Å². The van der Waals surface area contributed by atoms with Gasteiger partial charge in [0.15, 0.2) is 0 Å². The lowest BCUT2D eigenvalue weighted by molar-refractivity contribution is -0.162. The number of nitrogens with zero attached hydrogens (tertiary/aromatic N) is 1. The van der Waals surface area contributed by atoms with Crippen molar-refractivity contribution >= 4 is 11.8 Å². The number of amides is 2. The average Bonchev–Trinajstić information content (AvgIpc) is 2.81. The van der Waals surface area contributed by atoms with E-state index < -0.39 is 5.54 Å². The number of nitrogens with one attached hydrogen (secondary N) is 1. The van der Waals surface area contributed by atoms with Crippen LogP contribution in [0.25, 0.3) is 0 Å². The van der Waals surface area contributed by atoms with Crippen molar-refractivity contribution in [3.8, 4) is 0 Å². The highest BCUT2D eigenvalue weighted by Crippen LogP contribution is 2.42. The fraction of sp³-hybridized carbons (Fsp3) is 0.882. The number of carbonyl (C=O) groups excluding carboxylic acids is 2. The molecule has 3 rings (SSSR count). The molecule has 1 N–H and O–H groups in total. The van der Waals surface area contributed by atoms with Crippen molar-refractivity contribution in [2.45, 2.75) is 77.3 Å². The van der Waals surface area contributed by atoms with Gasteiger partial charge in [-0.05, 0) is 37.0 Å². The Labute approximate surface area is 127 Å². The van der Waals surface area contributed by atoms with Gasteiger partial charge in [-0.15, -0.1) is 0 Å². The third-order valence-electron chi connectivity index (χ3n) is 5.69. The monoisotopic (exact) mass is 292 g/mol. The second kappa shape index (κ2) is 4.99. The molecule has 2 saturated carbocycles. The maximum atomic E-state index is 13.1. The molecule has 4 heteroatoms. The van der Waals surface area contributed by atoms with E-state index in [4.69, 9.17) is 0 Å². The van der Waals surface area contributed by atoms with Gasteiger partial charge >= 0.3 is 0 Å². The van der Waals surface area contributed by atoms with E-state index in [2.05, 4.69) is 5.32 Å². The highest BCUT2D eigenvalue weighted by molar-refractivity contribution is 6.00. The van der Waals surface area contributed by atoms with Gasteiger partial charge in [0.1, 0.15) is 11.6 Å². The first-order chi connectivity index (χ1) is 9.84. The fourth-order valence-electron chi connectivity index (χ4n) is 4.06. The smallest absolute Gasteiger partial charge is 0.246 e. The van der Waals surface area contributed by atoms with Crippen molar-refractivity contribution in [1.82, 2.24) is 10.2 Å². The zero-order chi connectivity index (χ0) is 15.3. The minimum atomic E-state index is -0.533. The first-order valence-electron chi connectivity index (χ1n) is 8.47. The maximum Gasteiger partial charge on any atom is 0.246 e. The Morgan fingerprint density at radius 3 is 2.24 bits per heavy atom. The molecule has 0 radical (unpaired) electrons. The highest BCUT2D eigenvalue weighted by atomic mass is 16.2. The lowest BCUT2D eigenvalue weighted by Gasteiger charge is -2.50. The van der Waals surface area contributed by atoms with Gasteiger partial charge in [-0.1, -0.05) is 40.0 Å². The first-order valence-corrected chi connectivity index (χ1v) is 8.47. The van der Waals surface area contributed by atoms with E-state index in [1.165, 1.54) is 19.3 Å². The van der Waals surface area contributed by atoms with Crippen LogP contribution in [-0.2, 0) is 9.59 Å². The summed E-state index contributed by atoms with van der Waals surface area (Å²) in [6, 6.07) is -0.378. The Hall–Kier alpha value is -1.06. The van der Waals surface area contributed by atoms with Crippen molar-refractivity contribution in [3.63, 3.8) is 0 Å².